The third-order valence-corrected chi connectivity index (χ3v) is 4.95. The summed E-state index contributed by atoms with van der Waals surface area (Å²) in [6, 6.07) is 8.25. The van der Waals surface area contributed by atoms with Gasteiger partial charge in [-0.15, -0.1) is 11.3 Å². The van der Waals surface area contributed by atoms with Gasteiger partial charge in [-0.2, -0.15) is 0 Å². The van der Waals surface area contributed by atoms with Crippen LogP contribution in [0.3, 0.4) is 0 Å². The van der Waals surface area contributed by atoms with E-state index in [1.807, 2.05) is 24.3 Å². The summed E-state index contributed by atoms with van der Waals surface area (Å²) in [4.78, 5) is 5.91. The van der Waals surface area contributed by atoms with Gasteiger partial charge in [-0.1, -0.05) is 19.1 Å². The van der Waals surface area contributed by atoms with Gasteiger partial charge in [-0.25, -0.2) is 4.98 Å². The summed E-state index contributed by atoms with van der Waals surface area (Å²) in [5, 5.41) is 13.5. The molecule has 0 aliphatic heterocycles. The lowest BCUT2D eigenvalue weighted by Crippen LogP contribution is -2.17. The second kappa shape index (κ2) is 8.27. The van der Waals surface area contributed by atoms with Crippen LogP contribution < -0.4 is 10.1 Å². The van der Waals surface area contributed by atoms with Crippen molar-refractivity contribution in [3.05, 3.63) is 45.4 Å². The van der Waals surface area contributed by atoms with E-state index in [2.05, 4.69) is 31.1 Å². The van der Waals surface area contributed by atoms with E-state index in [-0.39, 0.29) is 6.61 Å². The van der Waals surface area contributed by atoms with Gasteiger partial charge in [0.1, 0.15) is 12.4 Å². The van der Waals surface area contributed by atoms with Gasteiger partial charge in [0.25, 0.3) is 0 Å². The molecule has 0 spiro atoms. The van der Waals surface area contributed by atoms with E-state index in [0.717, 1.165) is 24.4 Å². The van der Waals surface area contributed by atoms with Gasteiger partial charge in [0.15, 0.2) is 0 Å². The maximum absolute atomic E-state index is 8.74. The molecule has 1 aromatic carbocycles. The van der Waals surface area contributed by atoms with E-state index in [1.165, 1.54) is 15.4 Å². The lowest BCUT2D eigenvalue weighted by Gasteiger charge is -2.13. The molecule has 2 N–H and O–H groups in total. The zero-order valence-corrected chi connectivity index (χ0v) is 14.2. The number of rotatable bonds is 8. The van der Waals surface area contributed by atoms with E-state index >= 15 is 0 Å². The van der Waals surface area contributed by atoms with Gasteiger partial charge >= 0.3 is 0 Å². The van der Waals surface area contributed by atoms with Gasteiger partial charge in [0, 0.05) is 17.5 Å². The second-order valence-electron chi connectivity index (χ2n) is 5.23. The molecule has 0 bridgehead atoms. The molecule has 1 unspecified atom stereocenters. The molecule has 2 rings (SSSR count). The predicted octanol–water partition coefficient (Wildman–Crippen LogP) is 3.24. The first kappa shape index (κ1) is 16.9. The first-order valence-corrected chi connectivity index (χ1v) is 8.47. The van der Waals surface area contributed by atoms with Crippen molar-refractivity contribution in [2.24, 2.45) is 0 Å². The minimum atomic E-state index is 0.0365. The fraction of sp³-hybridized carbons (Fsp3) is 0.471. The number of aliphatic hydroxyl groups is 1. The van der Waals surface area contributed by atoms with Crippen molar-refractivity contribution in [2.75, 3.05) is 13.2 Å². The number of benzene rings is 1. The fourth-order valence-corrected chi connectivity index (χ4v) is 3.28. The Kier molecular flexibility index (Phi) is 6.36. The van der Waals surface area contributed by atoms with Crippen molar-refractivity contribution >= 4 is 11.3 Å². The van der Waals surface area contributed by atoms with Crippen molar-refractivity contribution < 1.29 is 9.84 Å². The summed E-state index contributed by atoms with van der Waals surface area (Å²) in [6.45, 7) is 7.57. The van der Waals surface area contributed by atoms with Crippen LogP contribution in [-0.2, 0) is 13.0 Å². The molecule has 0 saturated carbocycles. The van der Waals surface area contributed by atoms with Crippen LogP contribution in [0.2, 0.25) is 0 Å². The minimum Gasteiger partial charge on any atom is -0.491 e. The summed E-state index contributed by atoms with van der Waals surface area (Å²) >= 11 is 1.80. The topological polar surface area (TPSA) is 54.4 Å². The highest BCUT2D eigenvalue weighted by molar-refractivity contribution is 7.11. The van der Waals surface area contributed by atoms with Gasteiger partial charge in [-0.3, -0.25) is 0 Å². The summed E-state index contributed by atoms with van der Waals surface area (Å²) in [6.07, 6.45) is 0.994. The molecule has 0 aliphatic carbocycles. The molecular weight excluding hydrogens is 296 g/mol. The molecule has 0 amide bonds. The Morgan fingerprint density at radius 3 is 2.64 bits per heavy atom. The molecule has 1 aromatic heterocycles. The standard InChI is InChI=1S/C17H24N2O2S/c1-4-16-19-13(3)17(22-16)12(2)18-11-14-5-7-15(8-6-14)21-10-9-20/h5-8,12,18,20H,4,9-11H2,1-3H3. The Balaban J connectivity index is 1.90. The highest BCUT2D eigenvalue weighted by atomic mass is 32.1. The summed E-state index contributed by atoms with van der Waals surface area (Å²) in [5.74, 6) is 0.789. The number of nitrogens with one attached hydrogen (secondary N) is 1. The Bertz CT molecular complexity index is 581. The van der Waals surface area contributed by atoms with Crippen LogP contribution in [0.1, 0.15) is 41.0 Å². The number of thiazole rings is 1. The number of aromatic nitrogens is 1. The minimum absolute atomic E-state index is 0.0365. The van der Waals surface area contributed by atoms with Crippen molar-refractivity contribution in [1.82, 2.24) is 10.3 Å². The van der Waals surface area contributed by atoms with Crippen LogP contribution in [0, 0.1) is 6.92 Å². The van der Waals surface area contributed by atoms with Crippen molar-refractivity contribution in [2.45, 2.75) is 39.8 Å². The van der Waals surface area contributed by atoms with Crippen LogP contribution in [0.4, 0.5) is 0 Å². The maximum atomic E-state index is 8.74. The summed E-state index contributed by atoms with van der Waals surface area (Å²) < 4.78 is 5.36. The first-order valence-electron chi connectivity index (χ1n) is 7.66. The fourth-order valence-electron chi connectivity index (χ4n) is 2.25. The molecule has 120 valence electrons. The van der Waals surface area contributed by atoms with Gasteiger partial charge < -0.3 is 15.2 Å². The zero-order chi connectivity index (χ0) is 15.9. The normalized spacial score (nSPS) is 12.4. The highest BCUT2D eigenvalue weighted by Crippen LogP contribution is 2.25. The molecule has 22 heavy (non-hydrogen) atoms. The zero-order valence-electron chi connectivity index (χ0n) is 13.4. The molecule has 0 saturated heterocycles. The smallest absolute Gasteiger partial charge is 0.119 e. The Hall–Kier alpha value is -1.43. The maximum Gasteiger partial charge on any atom is 0.119 e. The van der Waals surface area contributed by atoms with E-state index in [4.69, 9.17) is 9.84 Å². The third kappa shape index (κ3) is 4.53. The van der Waals surface area contributed by atoms with Crippen LogP contribution in [-0.4, -0.2) is 23.3 Å². The average molecular weight is 320 g/mol. The number of hydrogen-bond donors (Lipinski definition) is 2. The van der Waals surface area contributed by atoms with Gasteiger partial charge in [0.2, 0.25) is 0 Å². The Labute approximate surface area is 136 Å². The predicted molar refractivity (Wildman–Crippen MR) is 90.5 cm³/mol. The van der Waals surface area contributed by atoms with E-state index < -0.39 is 0 Å². The summed E-state index contributed by atoms with van der Waals surface area (Å²) in [5.41, 5.74) is 2.34. The second-order valence-corrected chi connectivity index (χ2v) is 6.34. The molecule has 4 nitrogen and oxygen atoms in total. The van der Waals surface area contributed by atoms with Crippen LogP contribution in [0.15, 0.2) is 24.3 Å². The van der Waals surface area contributed by atoms with Crippen molar-refractivity contribution in [3.8, 4) is 5.75 Å². The largest absolute Gasteiger partial charge is 0.491 e. The van der Waals surface area contributed by atoms with Gasteiger partial charge in [-0.05, 0) is 38.0 Å². The van der Waals surface area contributed by atoms with E-state index in [1.54, 1.807) is 11.3 Å². The van der Waals surface area contributed by atoms with Crippen molar-refractivity contribution in [1.29, 1.82) is 0 Å². The lowest BCUT2D eigenvalue weighted by molar-refractivity contribution is 0.201. The molecule has 1 atom stereocenters. The molecule has 2 aromatic rings. The van der Waals surface area contributed by atoms with Gasteiger partial charge in [0.05, 0.1) is 17.3 Å². The average Bonchev–Trinajstić information content (AvgIpc) is 2.92. The van der Waals surface area contributed by atoms with Crippen molar-refractivity contribution in [3.63, 3.8) is 0 Å². The van der Waals surface area contributed by atoms with Crippen LogP contribution in [0.5, 0.6) is 5.75 Å². The molecule has 0 fully saturated rings. The molecule has 0 aliphatic rings. The quantitative estimate of drug-likeness (QED) is 0.784. The number of nitrogens with zero attached hydrogens (tertiary/aromatic N) is 1. The van der Waals surface area contributed by atoms with Crippen LogP contribution in [0.25, 0.3) is 0 Å². The Morgan fingerprint density at radius 1 is 1.32 bits per heavy atom. The Morgan fingerprint density at radius 2 is 2.05 bits per heavy atom. The SMILES string of the molecule is CCc1nc(C)c(C(C)NCc2ccc(OCCO)cc2)s1. The van der Waals surface area contributed by atoms with E-state index in [9.17, 15) is 0 Å². The lowest BCUT2D eigenvalue weighted by atomic mass is 10.2. The first-order chi connectivity index (χ1) is 10.6. The summed E-state index contributed by atoms with van der Waals surface area (Å²) in [7, 11) is 0. The third-order valence-electron chi connectivity index (χ3n) is 3.47. The molecular formula is C17H24N2O2S. The number of ether oxygens (including phenoxy) is 1. The monoisotopic (exact) mass is 320 g/mol. The number of hydrogen-bond acceptors (Lipinski definition) is 5. The molecule has 5 heteroatoms. The number of aliphatic hydroxyl groups excluding tert-OH is 1. The number of aryl methyl sites for hydroxylation is 2. The molecule has 0 radical (unpaired) electrons. The van der Waals surface area contributed by atoms with E-state index in [0.29, 0.717) is 12.6 Å². The molecule has 1 heterocycles. The van der Waals surface area contributed by atoms with Crippen LogP contribution >= 0.6 is 11.3 Å². The highest BCUT2D eigenvalue weighted by Gasteiger charge is 2.13.